The molecule has 0 radical (unpaired) electrons. The molecule has 0 aliphatic heterocycles. The Morgan fingerprint density at radius 3 is 2.53 bits per heavy atom. The summed E-state index contributed by atoms with van der Waals surface area (Å²) in [5.41, 5.74) is 1.19. The Morgan fingerprint density at radius 2 is 1.95 bits per heavy atom. The van der Waals surface area contributed by atoms with Crippen molar-refractivity contribution < 1.29 is 9.47 Å². The number of ether oxygens (including phenoxy) is 2. The third kappa shape index (κ3) is 3.87. The van der Waals surface area contributed by atoms with E-state index in [1.54, 1.807) is 14.2 Å². The lowest BCUT2D eigenvalue weighted by Gasteiger charge is -2.22. The summed E-state index contributed by atoms with van der Waals surface area (Å²) in [6, 6.07) is 6.85. The summed E-state index contributed by atoms with van der Waals surface area (Å²) in [5.74, 6) is 2.67. The van der Waals surface area contributed by atoms with Crippen molar-refractivity contribution in [3.63, 3.8) is 0 Å². The van der Waals surface area contributed by atoms with Gasteiger partial charge in [0.2, 0.25) is 0 Å². The van der Waals surface area contributed by atoms with Crippen molar-refractivity contribution in [3.05, 3.63) is 23.8 Å². The Kier molecular flexibility index (Phi) is 4.70. The van der Waals surface area contributed by atoms with Gasteiger partial charge in [0.15, 0.2) is 0 Å². The van der Waals surface area contributed by atoms with E-state index in [-0.39, 0.29) is 6.04 Å². The molecular formula is C16H25NO2. The molecule has 1 saturated carbocycles. The predicted molar refractivity (Wildman–Crippen MR) is 77.9 cm³/mol. The second kappa shape index (κ2) is 6.29. The maximum absolute atomic E-state index is 5.46. The molecule has 0 amide bonds. The average molecular weight is 263 g/mol. The molecule has 0 heterocycles. The number of nitrogens with one attached hydrogen (secondary N) is 1. The van der Waals surface area contributed by atoms with E-state index < -0.39 is 0 Å². The Morgan fingerprint density at radius 1 is 1.21 bits per heavy atom. The summed E-state index contributed by atoms with van der Waals surface area (Å²) in [5, 5.41) is 3.66. The van der Waals surface area contributed by atoms with Crippen LogP contribution < -0.4 is 14.8 Å². The maximum atomic E-state index is 5.46. The summed E-state index contributed by atoms with van der Waals surface area (Å²) in [6.45, 7) is 4.46. The highest BCUT2D eigenvalue weighted by atomic mass is 16.5. The van der Waals surface area contributed by atoms with E-state index in [2.05, 4.69) is 25.2 Å². The molecule has 3 nitrogen and oxygen atoms in total. The number of rotatable bonds is 7. The first kappa shape index (κ1) is 14.2. The van der Waals surface area contributed by atoms with Gasteiger partial charge in [0.1, 0.15) is 11.5 Å². The number of benzene rings is 1. The van der Waals surface area contributed by atoms with E-state index in [4.69, 9.17) is 9.47 Å². The zero-order chi connectivity index (χ0) is 13.8. The SMILES string of the molecule is COc1ccc(C(C)NC(C)CC2CC2)c(OC)c1. The van der Waals surface area contributed by atoms with Gasteiger partial charge in [0, 0.05) is 23.7 Å². The topological polar surface area (TPSA) is 30.5 Å². The summed E-state index contributed by atoms with van der Waals surface area (Å²) >= 11 is 0. The van der Waals surface area contributed by atoms with Crippen molar-refractivity contribution in [2.45, 2.75) is 45.2 Å². The molecular weight excluding hydrogens is 238 g/mol. The Hall–Kier alpha value is -1.22. The molecule has 1 aromatic rings. The quantitative estimate of drug-likeness (QED) is 0.816. The lowest BCUT2D eigenvalue weighted by Crippen LogP contribution is -2.29. The first-order valence-electron chi connectivity index (χ1n) is 7.12. The number of hydrogen-bond donors (Lipinski definition) is 1. The zero-order valence-corrected chi connectivity index (χ0v) is 12.4. The lowest BCUT2D eigenvalue weighted by molar-refractivity contribution is 0.378. The summed E-state index contributed by atoms with van der Waals surface area (Å²) in [6.07, 6.45) is 4.10. The molecule has 0 bridgehead atoms. The molecule has 1 aliphatic rings. The van der Waals surface area contributed by atoms with Crippen LogP contribution in [-0.2, 0) is 0 Å². The molecule has 0 saturated heterocycles. The second-order valence-electron chi connectivity index (χ2n) is 5.58. The fraction of sp³-hybridized carbons (Fsp3) is 0.625. The van der Waals surface area contributed by atoms with Crippen LogP contribution in [0.2, 0.25) is 0 Å². The van der Waals surface area contributed by atoms with Crippen LogP contribution in [-0.4, -0.2) is 20.3 Å². The molecule has 2 rings (SSSR count). The fourth-order valence-corrected chi connectivity index (χ4v) is 2.61. The number of hydrogen-bond acceptors (Lipinski definition) is 3. The van der Waals surface area contributed by atoms with Crippen molar-refractivity contribution in [1.82, 2.24) is 5.32 Å². The van der Waals surface area contributed by atoms with Crippen molar-refractivity contribution in [2.75, 3.05) is 14.2 Å². The standard InChI is InChI=1S/C16H25NO2/c1-11(9-13-5-6-13)17-12(2)15-8-7-14(18-3)10-16(15)19-4/h7-8,10-13,17H,5-6,9H2,1-4H3. The van der Waals surface area contributed by atoms with Gasteiger partial charge in [-0.15, -0.1) is 0 Å². The van der Waals surface area contributed by atoms with Crippen molar-refractivity contribution in [2.24, 2.45) is 5.92 Å². The van der Waals surface area contributed by atoms with Gasteiger partial charge < -0.3 is 14.8 Å². The van der Waals surface area contributed by atoms with E-state index in [0.29, 0.717) is 6.04 Å². The maximum Gasteiger partial charge on any atom is 0.127 e. The molecule has 19 heavy (non-hydrogen) atoms. The second-order valence-corrected chi connectivity index (χ2v) is 5.58. The van der Waals surface area contributed by atoms with Crippen LogP contribution in [0.5, 0.6) is 11.5 Å². The van der Waals surface area contributed by atoms with E-state index in [1.165, 1.54) is 24.8 Å². The lowest BCUT2D eigenvalue weighted by atomic mass is 10.0. The monoisotopic (exact) mass is 263 g/mol. The molecule has 0 spiro atoms. The molecule has 1 fully saturated rings. The highest BCUT2D eigenvalue weighted by Crippen LogP contribution is 2.34. The van der Waals surface area contributed by atoms with Gasteiger partial charge in [-0.05, 0) is 32.3 Å². The van der Waals surface area contributed by atoms with E-state index in [9.17, 15) is 0 Å². The molecule has 2 unspecified atom stereocenters. The molecule has 3 heteroatoms. The zero-order valence-electron chi connectivity index (χ0n) is 12.4. The van der Waals surface area contributed by atoms with E-state index in [1.807, 2.05) is 12.1 Å². The van der Waals surface area contributed by atoms with Crippen molar-refractivity contribution >= 4 is 0 Å². The highest BCUT2D eigenvalue weighted by Gasteiger charge is 2.24. The van der Waals surface area contributed by atoms with Gasteiger partial charge in [0.05, 0.1) is 14.2 Å². The Bertz CT molecular complexity index is 415. The van der Waals surface area contributed by atoms with Crippen molar-refractivity contribution in [3.8, 4) is 11.5 Å². The third-order valence-corrected chi connectivity index (χ3v) is 3.83. The molecule has 1 aromatic carbocycles. The molecule has 106 valence electrons. The van der Waals surface area contributed by atoms with Gasteiger partial charge in [-0.3, -0.25) is 0 Å². The average Bonchev–Trinajstić information content (AvgIpc) is 3.21. The van der Waals surface area contributed by atoms with Crippen LogP contribution >= 0.6 is 0 Å². The molecule has 2 atom stereocenters. The minimum Gasteiger partial charge on any atom is -0.497 e. The first-order valence-corrected chi connectivity index (χ1v) is 7.12. The van der Waals surface area contributed by atoms with Crippen LogP contribution in [0.4, 0.5) is 0 Å². The largest absolute Gasteiger partial charge is 0.497 e. The predicted octanol–water partition coefficient (Wildman–Crippen LogP) is 3.54. The van der Waals surface area contributed by atoms with Gasteiger partial charge in [-0.1, -0.05) is 18.9 Å². The molecule has 1 aliphatic carbocycles. The fourth-order valence-electron chi connectivity index (χ4n) is 2.61. The van der Waals surface area contributed by atoms with Crippen LogP contribution in [0.15, 0.2) is 18.2 Å². The molecule has 1 N–H and O–H groups in total. The smallest absolute Gasteiger partial charge is 0.127 e. The van der Waals surface area contributed by atoms with Gasteiger partial charge in [-0.25, -0.2) is 0 Å². The Balaban J connectivity index is 2.02. The van der Waals surface area contributed by atoms with Crippen LogP contribution in [0.3, 0.4) is 0 Å². The molecule has 0 aromatic heterocycles. The summed E-state index contributed by atoms with van der Waals surface area (Å²) in [7, 11) is 3.38. The van der Waals surface area contributed by atoms with Crippen LogP contribution in [0, 0.1) is 5.92 Å². The third-order valence-electron chi connectivity index (χ3n) is 3.83. The Labute approximate surface area is 116 Å². The summed E-state index contributed by atoms with van der Waals surface area (Å²) < 4.78 is 10.7. The van der Waals surface area contributed by atoms with Crippen molar-refractivity contribution in [1.29, 1.82) is 0 Å². The van der Waals surface area contributed by atoms with E-state index >= 15 is 0 Å². The summed E-state index contributed by atoms with van der Waals surface area (Å²) in [4.78, 5) is 0. The minimum absolute atomic E-state index is 0.287. The van der Waals surface area contributed by atoms with Gasteiger partial charge >= 0.3 is 0 Å². The highest BCUT2D eigenvalue weighted by molar-refractivity contribution is 5.42. The first-order chi connectivity index (χ1) is 9.13. The normalized spacial score (nSPS) is 17.9. The van der Waals surface area contributed by atoms with E-state index in [0.717, 1.165) is 17.4 Å². The minimum atomic E-state index is 0.287. The van der Waals surface area contributed by atoms with Gasteiger partial charge in [0.25, 0.3) is 0 Å². The van der Waals surface area contributed by atoms with Gasteiger partial charge in [-0.2, -0.15) is 0 Å². The van der Waals surface area contributed by atoms with Crippen LogP contribution in [0.25, 0.3) is 0 Å². The number of methoxy groups -OCH3 is 2. The van der Waals surface area contributed by atoms with Crippen LogP contribution in [0.1, 0.15) is 44.7 Å².